The Morgan fingerprint density at radius 3 is 2.63 bits per heavy atom. The number of rotatable bonds is 3. The molecule has 0 saturated heterocycles. The summed E-state index contributed by atoms with van der Waals surface area (Å²) in [4.78, 5) is 23.0. The number of carbonyl (C=O) groups is 1. The van der Waals surface area contributed by atoms with E-state index >= 15 is 0 Å². The van der Waals surface area contributed by atoms with Crippen molar-refractivity contribution in [2.75, 3.05) is 0 Å². The van der Waals surface area contributed by atoms with Crippen molar-refractivity contribution in [3.63, 3.8) is 0 Å². The highest BCUT2D eigenvalue weighted by Crippen LogP contribution is 2.08. The lowest BCUT2D eigenvalue weighted by atomic mass is 10.1. The zero-order chi connectivity index (χ0) is 14.0. The minimum atomic E-state index is -1.23. The lowest BCUT2D eigenvalue weighted by Gasteiger charge is -2.09. The molecule has 0 spiro atoms. The maximum absolute atomic E-state index is 12.0. The van der Waals surface area contributed by atoms with E-state index in [1.165, 1.54) is 10.7 Å². The second kappa shape index (κ2) is 5.06. The van der Waals surface area contributed by atoms with Gasteiger partial charge in [0.15, 0.2) is 0 Å². The van der Waals surface area contributed by atoms with E-state index in [4.69, 9.17) is 5.11 Å². The maximum Gasteiger partial charge on any atom is 0.341 e. The van der Waals surface area contributed by atoms with Crippen molar-refractivity contribution in [3.05, 3.63) is 63.1 Å². The molecular formula is C14H14N2O3. The van der Waals surface area contributed by atoms with E-state index < -0.39 is 11.5 Å². The molecular weight excluding hydrogens is 244 g/mol. The van der Waals surface area contributed by atoms with Crippen LogP contribution in [0.2, 0.25) is 0 Å². The first kappa shape index (κ1) is 13.0. The summed E-state index contributed by atoms with van der Waals surface area (Å²) in [5.41, 5.74) is 1.65. The van der Waals surface area contributed by atoms with Crippen LogP contribution in [0.15, 0.2) is 35.1 Å². The van der Waals surface area contributed by atoms with E-state index in [0.29, 0.717) is 5.69 Å². The molecule has 98 valence electrons. The van der Waals surface area contributed by atoms with Crippen molar-refractivity contribution in [3.8, 4) is 0 Å². The number of hydrogen-bond acceptors (Lipinski definition) is 3. The SMILES string of the molecule is Cc1cc(C(=O)O)c(=O)n(Cc2ccccc2C)n1. The normalized spacial score (nSPS) is 10.4. The predicted molar refractivity (Wildman–Crippen MR) is 70.5 cm³/mol. The monoisotopic (exact) mass is 258 g/mol. The van der Waals surface area contributed by atoms with Crippen LogP contribution in [0.3, 0.4) is 0 Å². The molecule has 0 aliphatic heterocycles. The zero-order valence-electron chi connectivity index (χ0n) is 10.8. The molecule has 0 amide bonds. The molecule has 0 saturated carbocycles. The van der Waals surface area contributed by atoms with Gasteiger partial charge in [0.2, 0.25) is 0 Å². The quantitative estimate of drug-likeness (QED) is 0.907. The van der Waals surface area contributed by atoms with Gasteiger partial charge in [-0.25, -0.2) is 9.48 Å². The number of aryl methyl sites for hydroxylation is 2. The Balaban J connectivity index is 2.50. The van der Waals surface area contributed by atoms with Gasteiger partial charge in [0.1, 0.15) is 5.56 Å². The summed E-state index contributed by atoms with van der Waals surface area (Å²) in [6, 6.07) is 8.91. The summed E-state index contributed by atoms with van der Waals surface area (Å²) in [6.45, 7) is 3.88. The molecule has 0 radical (unpaired) electrons. The summed E-state index contributed by atoms with van der Waals surface area (Å²) in [5, 5.41) is 13.1. The van der Waals surface area contributed by atoms with Gasteiger partial charge < -0.3 is 5.11 Å². The highest BCUT2D eigenvalue weighted by molar-refractivity contribution is 5.87. The minimum absolute atomic E-state index is 0.249. The lowest BCUT2D eigenvalue weighted by Crippen LogP contribution is -2.29. The van der Waals surface area contributed by atoms with Gasteiger partial charge in [-0.05, 0) is 31.0 Å². The van der Waals surface area contributed by atoms with Gasteiger partial charge in [-0.1, -0.05) is 24.3 Å². The Morgan fingerprint density at radius 1 is 1.32 bits per heavy atom. The summed E-state index contributed by atoms with van der Waals surface area (Å²) in [6.07, 6.45) is 0. The third-order valence-corrected chi connectivity index (χ3v) is 2.91. The molecule has 1 aromatic carbocycles. The van der Waals surface area contributed by atoms with Gasteiger partial charge in [-0.15, -0.1) is 0 Å². The second-order valence-electron chi connectivity index (χ2n) is 4.39. The fourth-order valence-electron chi connectivity index (χ4n) is 1.88. The third-order valence-electron chi connectivity index (χ3n) is 2.91. The Hall–Kier alpha value is -2.43. The Morgan fingerprint density at radius 2 is 2.00 bits per heavy atom. The molecule has 1 aromatic heterocycles. The van der Waals surface area contributed by atoms with Crippen molar-refractivity contribution >= 4 is 5.97 Å². The average molecular weight is 258 g/mol. The molecule has 2 aromatic rings. The topological polar surface area (TPSA) is 72.2 Å². The van der Waals surface area contributed by atoms with Gasteiger partial charge in [-0.3, -0.25) is 4.79 Å². The predicted octanol–water partition coefficient (Wildman–Crippen LogP) is 1.61. The molecule has 19 heavy (non-hydrogen) atoms. The lowest BCUT2D eigenvalue weighted by molar-refractivity contribution is 0.0693. The highest BCUT2D eigenvalue weighted by atomic mass is 16.4. The number of carboxylic acids is 1. The molecule has 0 aliphatic carbocycles. The zero-order valence-corrected chi connectivity index (χ0v) is 10.8. The van der Waals surface area contributed by atoms with E-state index in [9.17, 15) is 9.59 Å². The molecule has 0 fully saturated rings. The number of nitrogens with zero attached hydrogens (tertiary/aromatic N) is 2. The van der Waals surface area contributed by atoms with Crippen LogP contribution in [0.1, 0.15) is 27.2 Å². The Kier molecular flexibility index (Phi) is 3.46. The summed E-state index contributed by atoms with van der Waals surface area (Å²) in [5.74, 6) is -1.23. The fourth-order valence-corrected chi connectivity index (χ4v) is 1.88. The molecule has 0 aliphatic rings. The van der Waals surface area contributed by atoms with E-state index in [0.717, 1.165) is 11.1 Å². The number of hydrogen-bond donors (Lipinski definition) is 1. The van der Waals surface area contributed by atoms with Crippen molar-refractivity contribution in [2.24, 2.45) is 0 Å². The second-order valence-corrected chi connectivity index (χ2v) is 4.39. The van der Waals surface area contributed by atoms with Gasteiger partial charge >= 0.3 is 5.97 Å². The first-order valence-electron chi connectivity index (χ1n) is 5.85. The van der Waals surface area contributed by atoms with E-state index in [1.54, 1.807) is 6.92 Å². The first-order valence-corrected chi connectivity index (χ1v) is 5.85. The van der Waals surface area contributed by atoms with E-state index in [2.05, 4.69) is 5.10 Å². The van der Waals surface area contributed by atoms with Gasteiger partial charge in [-0.2, -0.15) is 5.10 Å². The number of aromatic nitrogens is 2. The van der Waals surface area contributed by atoms with Crippen LogP contribution in [0.5, 0.6) is 0 Å². The first-order chi connectivity index (χ1) is 8.99. The van der Waals surface area contributed by atoms with Crippen LogP contribution in [0, 0.1) is 13.8 Å². The number of carboxylic acid groups (broad SMARTS) is 1. The van der Waals surface area contributed by atoms with Gasteiger partial charge in [0, 0.05) is 0 Å². The summed E-state index contributed by atoms with van der Waals surface area (Å²) < 4.78 is 1.20. The van der Waals surface area contributed by atoms with Crippen LogP contribution in [-0.4, -0.2) is 20.9 Å². The van der Waals surface area contributed by atoms with Crippen LogP contribution >= 0.6 is 0 Å². The van der Waals surface area contributed by atoms with Crippen LogP contribution in [0.4, 0.5) is 0 Å². The molecule has 0 unspecified atom stereocenters. The summed E-state index contributed by atoms with van der Waals surface area (Å²) in [7, 11) is 0. The minimum Gasteiger partial charge on any atom is -0.477 e. The maximum atomic E-state index is 12.0. The van der Waals surface area contributed by atoms with E-state index in [-0.39, 0.29) is 12.1 Å². The van der Waals surface area contributed by atoms with Crippen LogP contribution in [0.25, 0.3) is 0 Å². The molecule has 5 heteroatoms. The van der Waals surface area contributed by atoms with E-state index in [1.807, 2.05) is 31.2 Å². The number of benzene rings is 1. The smallest absolute Gasteiger partial charge is 0.341 e. The standard InChI is InChI=1S/C14H14N2O3/c1-9-5-3-4-6-11(9)8-16-13(17)12(14(18)19)7-10(2)15-16/h3-7H,8H2,1-2H3,(H,18,19). The fraction of sp³-hybridized carbons (Fsp3) is 0.214. The Bertz CT molecular complexity index is 689. The molecule has 1 heterocycles. The van der Waals surface area contributed by atoms with Crippen molar-refractivity contribution in [1.29, 1.82) is 0 Å². The number of aromatic carboxylic acids is 1. The Labute approximate surface area is 110 Å². The molecule has 0 bridgehead atoms. The molecule has 0 atom stereocenters. The largest absolute Gasteiger partial charge is 0.477 e. The third kappa shape index (κ3) is 2.70. The van der Waals surface area contributed by atoms with Crippen molar-refractivity contribution in [2.45, 2.75) is 20.4 Å². The van der Waals surface area contributed by atoms with Crippen molar-refractivity contribution < 1.29 is 9.90 Å². The summed E-state index contributed by atoms with van der Waals surface area (Å²) >= 11 is 0. The molecule has 5 nitrogen and oxygen atoms in total. The molecule has 1 N–H and O–H groups in total. The van der Waals surface area contributed by atoms with Gasteiger partial charge in [0.05, 0.1) is 12.2 Å². The van der Waals surface area contributed by atoms with Gasteiger partial charge in [0.25, 0.3) is 5.56 Å². The van der Waals surface area contributed by atoms with Crippen LogP contribution in [-0.2, 0) is 6.54 Å². The van der Waals surface area contributed by atoms with Crippen molar-refractivity contribution in [1.82, 2.24) is 9.78 Å². The van der Waals surface area contributed by atoms with Crippen LogP contribution < -0.4 is 5.56 Å². The highest BCUT2D eigenvalue weighted by Gasteiger charge is 2.13. The average Bonchev–Trinajstić information content (AvgIpc) is 2.35. The molecule has 2 rings (SSSR count).